The lowest BCUT2D eigenvalue weighted by Gasteiger charge is -2.07. The fourth-order valence-corrected chi connectivity index (χ4v) is 3.68. The molecule has 0 saturated carbocycles. The van der Waals surface area contributed by atoms with E-state index in [9.17, 15) is 9.18 Å². The number of H-pyrrole nitrogens is 1. The molecule has 0 atom stereocenters. The highest BCUT2D eigenvalue weighted by molar-refractivity contribution is 5.92. The molecule has 146 valence electrons. The van der Waals surface area contributed by atoms with Gasteiger partial charge in [0.25, 0.3) is 5.91 Å². The number of aromatic nitrogens is 2. The van der Waals surface area contributed by atoms with Gasteiger partial charge in [-0.2, -0.15) is 0 Å². The summed E-state index contributed by atoms with van der Waals surface area (Å²) in [4.78, 5) is 19.9. The van der Waals surface area contributed by atoms with Crippen molar-refractivity contribution < 1.29 is 9.18 Å². The van der Waals surface area contributed by atoms with E-state index in [0.717, 1.165) is 33.3 Å². The van der Waals surface area contributed by atoms with Gasteiger partial charge in [0.2, 0.25) is 0 Å². The minimum atomic E-state index is -0.258. The van der Waals surface area contributed by atoms with Crippen LogP contribution in [-0.2, 0) is 6.42 Å². The molecule has 2 heterocycles. The SMILES string of the molecule is Cc1[nH]c2c(F)ccc(C)c2c1CCNC(=O)c1ccc(-c2ccccc2)cn1. The molecule has 4 rings (SSSR count). The smallest absolute Gasteiger partial charge is 0.269 e. The van der Waals surface area contributed by atoms with Crippen LogP contribution in [0.5, 0.6) is 0 Å². The predicted molar refractivity (Wildman–Crippen MR) is 113 cm³/mol. The first kappa shape index (κ1) is 18.9. The molecular weight excluding hydrogens is 365 g/mol. The van der Waals surface area contributed by atoms with E-state index in [4.69, 9.17) is 0 Å². The number of aromatic amines is 1. The maximum Gasteiger partial charge on any atom is 0.269 e. The van der Waals surface area contributed by atoms with Gasteiger partial charge in [-0.05, 0) is 49.1 Å². The Bertz CT molecular complexity index is 1160. The van der Waals surface area contributed by atoms with Crippen LogP contribution in [0.25, 0.3) is 22.0 Å². The van der Waals surface area contributed by atoms with Gasteiger partial charge < -0.3 is 10.3 Å². The van der Waals surface area contributed by atoms with Crippen molar-refractivity contribution in [1.82, 2.24) is 15.3 Å². The van der Waals surface area contributed by atoms with E-state index in [1.54, 1.807) is 18.3 Å². The second-order valence-electron chi connectivity index (χ2n) is 7.15. The monoisotopic (exact) mass is 387 g/mol. The van der Waals surface area contributed by atoms with Crippen molar-refractivity contribution in [2.24, 2.45) is 0 Å². The first-order valence-electron chi connectivity index (χ1n) is 9.60. The zero-order valence-electron chi connectivity index (χ0n) is 16.4. The van der Waals surface area contributed by atoms with Gasteiger partial charge in [0.05, 0.1) is 5.52 Å². The summed E-state index contributed by atoms with van der Waals surface area (Å²) in [6, 6.07) is 16.8. The van der Waals surface area contributed by atoms with Crippen LogP contribution < -0.4 is 5.32 Å². The van der Waals surface area contributed by atoms with Gasteiger partial charge >= 0.3 is 0 Å². The highest BCUT2D eigenvalue weighted by atomic mass is 19.1. The van der Waals surface area contributed by atoms with E-state index in [1.165, 1.54) is 6.07 Å². The maximum absolute atomic E-state index is 14.1. The van der Waals surface area contributed by atoms with Gasteiger partial charge in [-0.1, -0.05) is 42.5 Å². The van der Waals surface area contributed by atoms with Crippen LogP contribution in [0, 0.1) is 19.7 Å². The number of hydrogen-bond donors (Lipinski definition) is 2. The van der Waals surface area contributed by atoms with Crippen LogP contribution in [-0.4, -0.2) is 22.4 Å². The fraction of sp³-hybridized carbons (Fsp3) is 0.167. The van der Waals surface area contributed by atoms with Gasteiger partial charge in [0, 0.05) is 29.4 Å². The van der Waals surface area contributed by atoms with E-state index in [2.05, 4.69) is 15.3 Å². The summed E-state index contributed by atoms with van der Waals surface area (Å²) in [6.07, 6.45) is 2.32. The summed E-state index contributed by atoms with van der Waals surface area (Å²) in [5.74, 6) is -0.475. The lowest BCUT2D eigenvalue weighted by Crippen LogP contribution is -2.26. The topological polar surface area (TPSA) is 57.8 Å². The highest BCUT2D eigenvalue weighted by Gasteiger charge is 2.14. The molecule has 0 aliphatic carbocycles. The number of pyridine rings is 1. The first-order valence-corrected chi connectivity index (χ1v) is 9.60. The van der Waals surface area contributed by atoms with E-state index >= 15 is 0 Å². The lowest BCUT2D eigenvalue weighted by atomic mass is 10.0. The standard InChI is InChI=1S/C24H22FN3O/c1-15-8-10-20(25)23-22(15)19(16(2)28-23)12-13-26-24(29)21-11-9-18(14-27-21)17-6-4-3-5-7-17/h3-11,14,28H,12-13H2,1-2H3,(H,26,29). The Labute approximate surface area is 168 Å². The summed E-state index contributed by atoms with van der Waals surface area (Å²) in [5, 5.41) is 3.82. The quantitative estimate of drug-likeness (QED) is 0.509. The number of halogens is 1. The maximum atomic E-state index is 14.1. The number of nitrogens with zero attached hydrogens (tertiary/aromatic N) is 1. The molecule has 0 aliphatic rings. The van der Waals surface area contributed by atoms with Gasteiger partial charge in [-0.15, -0.1) is 0 Å². The number of rotatable bonds is 5. The molecule has 0 saturated heterocycles. The minimum Gasteiger partial charge on any atom is -0.356 e. The van der Waals surface area contributed by atoms with Crippen molar-refractivity contribution in [3.8, 4) is 11.1 Å². The molecule has 0 unspecified atom stereocenters. The molecule has 0 spiro atoms. The number of aryl methyl sites for hydroxylation is 2. The van der Waals surface area contributed by atoms with Crippen molar-refractivity contribution in [3.05, 3.63) is 89.1 Å². The Balaban J connectivity index is 1.44. The minimum absolute atomic E-state index is 0.218. The molecule has 0 radical (unpaired) electrons. The van der Waals surface area contributed by atoms with Crippen LogP contribution >= 0.6 is 0 Å². The Morgan fingerprint density at radius 2 is 1.83 bits per heavy atom. The molecule has 0 aliphatic heterocycles. The third kappa shape index (κ3) is 3.76. The van der Waals surface area contributed by atoms with Gasteiger partial charge in [-0.3, -0.25) is 9.78 Å². The van der Waals surface area contributed by atoms with Gasteiger partial charge in [-0.25, -0.2) is 4.39 Å². The average molecular weight is 387 g/mol. The Hall–Kier alpha value is -3.47. The van der Waals surface area contributed by atoms with Crippen molar-refractivity contribution >= 4 is 16.8 Å². The third-order valence-corrected chi connectivity index (χ3v) is 5.19. The van der Waals surface area contributed by atoms with Crippen LogP contribution in [0.4, 0.5) is 4.39 Å². The number of carbonyl (C=O) groups excluding carboxylic acids is 1. The second kappa shape index (κ2) is 7.87. The fourth-order valence-electron chi connectivity index (χ4n) is 3.68. The van der Waals surface area contributed by atoms with Crippen molar-refractivity contribution in [3.63, 3.8) is 0 Å². The van der Waals surface area contributed by atoms with E-state index < -0.39 is 0 Å². The molecule has 2 aromatic carbocycles. The number of carbonyl (C=O) groups is 1. The summed E-state index contributed by atoms with van der Waals surface area (Å²) >= 11 is 0. The van der Waals surface area contributed by atoms with Crippen molar-refractivity contribution in [2.45, 2.75) is 20.3 Å². The lowest BCUT2D eigenvalue weighted by molar-refractivity contribution is 0.0949. The molecule has 0 fully saturated rings. The Morgan fingerprint density at radius 3 is 2.55 bits per heavy atom. The van der Waals surface area contributed by atoms with Crippen LogP contribution in [0.1, 0.15) is 27.3 Å². The number of benzene rings is 2. The summed E-state index contributed by atoms with van der Waals surface area (Å²) < 4.78 is 14.1. The molecule has 0 bridgehead atoms. The van der Waals surface area contributed by atoms with Crippen molar-refractivity contribution in [2.75, 3.05) is 6.54 Å². The summed E-state index contributed by atoms with van der Waals surface area (Å²) in [5.41, 5.74) is 5.91. The third-order valence-electron chi connectivity index (χ3n) is 5.19. The second-order valence-corrected chi connectivity index (χ2v) is 7.15. The van der Waals surface area contributed by atoms with Crippen molar-refractivity contribution in [1.29, 1.82) is 0 Å². The molecule has 1 amide bonds. The molecule has 4 nitrogen and oxygen atoms in total. The van der Waals surface area contributed by atoms with Crippen LogP contribution in [0.3, 0.4) is 0 Å². The summed E-state index contributed by atoms with van der Waals surface area (Å²) in [6.45, 7) is 4.35. The van der Waals surface area contributed by atoms with Gasteiger partial charge in [0.1, 0.15) is 11.5 Å². The predicted octanol–water partition coefficient (Wildman–Crippen LogP) is 4.96. The number of fused-ring (bicyclic) bond motifs is 1. The number of amides is 1. The summed E-state index contributed by atoms with van der Waals surface area (Å²) in [7, 11) is 0. The molecular formula is C24H22FN3O. The number of nitrogens with one attached hydrogen (secondary N) is 2. The van der Waals surface area contributed by atoms with E-state index in [1.807, 2.05) is 50.2 Å². The zero-order chi connectivity index (χ0) is 20.4. The van der Waals surface area contributed by atoms with E-state index in [0.29, 0.717) is 24.2 Å². The van der Waals surface area contributed by atoms with Crippen LogP contribution in [0.15, 0.2) is 60.8 Å². The Kier molecular flexibility index (Phi) is 5.12. The van der Waals surface area contributed by atoms with E-state index in [-0.39, 0.29) is 11.7 Å². The number of hydrogen-bond acceptors (Lipinski definition) is 2. The molecule has 4 aromatic rings. The molecule has 2 aromatic heterocycles. The highest BCUT2D eigenvalue weighted by Crippen LogP contribution is 2.27. The van der Waals surface area contributed by atoms with Crippen LogP contribution in [0.2, 0.25) is 0 Å². The molecule has 2 N–H and O–H groups in total. The normalized spacial score (nSPS) is 11.0. The molecule has 29 heavy (non-hydrogen) atoms. The Morgan fingerprint density at radius 1 is 1.03 bits per heavy atom. The first-order chi connectivity index (χ1) is 14.0. The van der Waals surface area contributed by atoms with Gasteiger partial charge in [0.15, 0.2) is 0 Å². The average Bonchev–Trinajstić information content (AvgIpc) is 3.09. The molecule has 5 heteroatoms. The zero-order valence-corrected chi connectivity index (χ0v) is 16.4. The largest absolute Gasteiger partial charge is 0.356 e.